The van der Waals surface area contributed by atoms with E-state index in [1.807, 2.05) is 0 Å². The highest BCUT2D eigenvalue weighted by molar-refractivity contribution is 5.83. The third-order valence-electron chi connectivity index (χ3n) is 3.36. The van der Waals surface area contributed by atoms with Crippen LogP contribution in [0.4, 0.5) is 17.6 Å². The molecule has 1 aromatic rings. The lowest BCUT2D eigenvalue weighted by Gasteiger charge is -2.42. The Hall–Kier alpha value is -1.63. The van der Waals surface area contributed by atoms with E-state index in [2.05, 4.69) is 0 Å². The fraction of sp³-hybridized carbons (Fsp3) is 0.417. The second-order valence-electron chi connectivity index (χ2n) is 4.68. The van der Waals surface area contributed by atoms with E-state index in [-0.39, 0.29) is 18.4 Å². The molecule has 104 valence electrons. The van der Waals surface area contributed by atoms with Crippen molar-refractivity contribution in [3.8, 4) is 0 Å². The third kappa shape index (κ3) is 2.30. The summed E-state index contributed by atoms with van der Waals surface area (Å²) < 4.78 is 51.0. The highest BCUT2D eigenvalue weighted by Gasteiger charge is 2.52. The number of carboxylic acids is 1. The molecule has 0 spiro atoms. The molecule has 1 aliphatic carbocycles. The molecule has 0 aliphatic heterocycles. The lowest BCUT2D eigenvalue weighted by Crippen LogP contribution is -2.50. The summed E-state index contributed by atoms with van der Waals surface area (Å²) in [6.45, 7) is 0. The van der Waals surface area contributed by atoms with Crippen molar-refractivity contribution >= 4 is 5.97 Å². The van der Waals surface area contributed by atoms with Crippen molar-refractivity contribution in [3.05, 3.63) is 35.1 Å². The van der Waals surface area contributed by atoms with Gasteiger partial charge in [0.05, 0.1) is 17.1 Å². The molecule has 0 atom stereocenters. The molecule has 19 heavy (non-hydrogen) atoms. The highest BCUT2D eigenvalue weighted by atomic mass is 19.4. The minimum atomic E-state index is -4.75. The Labute approximate surface area is 105 Å². The van der Waals surface area contributed by atoms with Crippen LogP contribution in [-0.4, -0.2) is 22.3 Å². The van der Waals surface area contributed by atoms with E-state index in [4.69, 9.17) is 5.11 Å². The summed E-state index contributed by atoms with van der Waals surface area (Å²) in [4.78, 5) is 11.2. The number of hydrogen-bond donors (Lipinski definition) is 2. The van der Waals surface area contributed by atoms with Gasteiger partial charge in [0, 0.05) is 0 Å². The zero-order valence-corrected chi connectivity index (χ0v) is 9.54. The van der Waals surface area contributed by atoms with Crippen molar-refractivity contribution in [3.63, 3.8) is 0 Å². The van der Waals surface area contributed by atoms with Crippen molar-refractivity contribution in [2.75, 3.05) is 0 Å². The monoisotopic (exact) mass is 278 g/mol. The number of carboxylic acid groups (broad SMARTS) is 1. The molecule has 0 bridgehead atoms. The average Bonchev–Trinajstić information content (AvgIpc) is 2.21. The maximum atomic E-state index is 13.3. The van der Waals surface area contributed by atoms with Crippen LogP contribution in [-0.2, 0) is 16.4 Å². The van der Waals surface area contributed by atoms with Gasteiger partial charge in [-0.15, -0.1) is 0 Å². The number of aliphatic carboxylic acids is 1. The van der Waals surface area contributed by atoms with Gasteiger partial charge in [-0.1, -0.05) is 0 Å². The molecule has 0 unspecified atom stereocenters. The average molecular weight is 278 g/mol. The predicted molar refractivity (Wildman–Crippen MR) is 56.0 cm³/mol. The molecule has 2 N–H and O–H groups in total. The van der Waals surface area contributed by atoms with Crippen LogP contribution in [0, 0.1) is 5.82 Å². The van der Waals surface area contributed by atoms with Crippen LogP contribution in [0.5, 0.6) is 0 Å². The molecule has 0 aromatic heterocycles. The molecule has 0 radical (unpaired) electrons. The molecule has 1 fully saturated rings. The standard InChI is InChI=1S/C12H10F4O3/c13-8-2-6(1-7(3-8)12(14,15)16)11(10(18)19)4-9(17)5-11/h1-3,9,17H,4-5H2,(H,18,19). The first-order chi connectivity index (χ1) is 8.65. The van der Waals surface area contributed by atoms with Gasteiger partial charge in [0.2, 0.25) is 0 Å². The van der Waals surface area contributed by atoms with E-state index in [0.29, 0.717) is 12.1 Å². The molecular weight excluding hydrogens is 268 g/mol. The lowest BCUT2D eigenvalue weighted by atomic mass is 9.62. The number of alkyl halides is 3. The molecule has 1 aliphatic rings. The van der Waals surface area contributed by atoms with E-state index < -0.39 is 35.0 Å². The van der Waals surface area contributed by atoms with Crippen molar-refractivity contribution < 1.29 is 32.6 Å². The van der Waals surface area contributed by atoms with E-state index in [1.54, 1.807) is 0 Å². The maximum absolute atomic E-state index is 13.3. The van der Waals surface area contributed by atoms with Gasteiger partial charge in [0.25, 0.3) is 0 Å². The first-order valence-electron chi connectivity index (χ1n) is 5.45. The molecule has 0 heterocycles. The Kier molecular flexibility index (Phi) is 3.04. The van der Waals surface area contributed by atoms with Crippen LogP contribution in [0.2, 0.25) is 0 Å². The van der Waals surface area contributed by atoms with Crippen molar-refractivity contribution in [1.29, 1.82) is 0 Å². The largest absolute Gasteiger partial charge is 0.481 e. The second-order valence-corrected chi connectivity index (χ2v) is 4.68. The summed E-state index contributed by atoms with van der Waals surface area (Å²) in [5.74, 6) is -2.51. The molecule has 7 heteroatoms. The van der Waals surface area contributed by atoms with Crippen LogP contribution >= 0.6 is 0 Å². The van der Waals surface area contributed by atoms with Crippen molar-refractivity contribution in [1.82, 2.24) is 0 Å². The Morgan fingerprint density at radius 1 is 1.26 bits per heavy atom. The topological polar surface area (TPSA) is 57.5 Å². The normalized spacial score (nSPS) is 26.9. The molecule has 1 saturated carbocycles. The number of carbonyl (C=O) groups is 1. The molecule has 2 rings (SSSR count). The van der Waals surface area contributed by atoms with E-state index in [9.17, 15) is 27.5 Å². The fourth-order valence-electron chi connectivity index (χ4n) is 2.31. The van der Waals surface area contributed by atoms with Gasteiger partial charge < -0.3 is 10.2 Å². The van der Waals surface area contributed by atoms with Crippen molar-refractivity contribution in [2.45, 2.75) is 30.5 Å². The molecule has 0 amide bonds. The Bertz CT molecular complexity index is 518. The van der Waals surface area contributed by atoms with Crippen LogP contribution in [0.3, 0.4) is 0 Å². The quantitative estimate of drug-likeness (QED) is 0.816. The summed E-state index contributed by atoms with van der Waals surface area (Å²) >= 11 is 0. The summed E-state index contributed by atoms with van der Waals surface area (Å²) in [5, 5.41) is 18.3. The Morgan fingerprint density at radius 3 is 2.26 bits per heavy atom. The van der Waals surface area contributed by atoms with Crippen molar-refractivity contribution in [2.24, 2.45) is 0 Å². The first-order valence-corrected chi connectivity index (χ1v) is 5.45. The SMILES string of the molecule is O=C(O)C1(c2cc(F)cc(C(F)(F)F)c2)CC(O)C1. The fourth-order valence-corrected chi connectivity index (χ4v) is 2.31. The van der Waals surface area contributed by atoms with E-state index in [0.717, 1.165) is 6.07 Å². The van der Waals surface area contributed by atoms with Crippen LogP contribution in [0.15, 0.2) is 18.2 Å². The number of halogens is 4. The molecule has 3 nitrogen and oxygen atoms in total. The van der Waals surface area contributed by atoms with Gasteiger partial charge in [0.15, 0.2) is 0 Å². The zero-order valence-electron chi connectivity index (χ0n) is 9.54. The van der Waals surface area contributed by atoms with Gasteiger partial charge in [-0.25, -0.2) is 4.39 Å². The van der Waals surface area contributed by atoms with Gasteiger partial charge in [-0.05, 0) is 36.6 Å². The van der Waals surface area contributed by atoms with E-state index in [1.165, 1.54) is 0 Å². The second kappa shape index (κ2) is 4.19. The molecule has 1 aromatic carbocycles. The van der Waals surface area contributed by atoms with Gasteiger partial charge in [0.1, 0.15) is 5.82 Å². The van der Waals surface area contributed by atoms with Gasteiger partial charge >= 0.3 is 12.1 Å². The van der Waals surface area contributed by atoms with E-state index >= 15 is 0 Å². The van der Waals surface area contributed by atoms with Crippen LogP contribution in [0.1, 0.15) is 24.0 Å². The zero-order chi connectivity index (χ0) is 14.4. The minimum Gasteiger partial charge on any atom is -0.481 e. The highest BCUT2D eigenvalue weighted by Crippen LogP contribution is 2.45. The number of rotatable bonds is 2. The predicted octanol–water partition coefficient (Wildman–Crippen LogP) is 2.32. The van der Waals surface area contributed by atoms with Crippen LogP contribution in [0.25, 0.3) is 0 Å². The smallest absolute Gasteiger partial charge is 0.416 e. The number of aliphatic hydroxyl groups excluding tert-OH is 1. The third-order valence-corrected chi connectivity index (χ3v) is 3.36. The number of aliphatic hydroxyl groups is 1. The lowest BCUT2D eigenvalue weighted by molar-refractivity contribution is -0.153. The molecular formula is C12H10F4O3. The minimum absolute atomic E-state index is 0.219. The summed E-state index contributed by atoms with van der Waals surface area (Å²) in [7, 11) is 0. The summed E-state index contributed by atoms with van der Waals surface area (Å²) in [5.41, 5.74) is -3.14. The van der Waals surface area contributed by atoms with Gasteiger partial charge in [-0.3, -0.25) is 4.79 Å². The summed E-state index contributed by atoms with van der Waals surface area (Å²) in [6, 6.07) is 1.71. The maximum Gasteiger partial charge on any atom is 0.416 e. The Balaban J connectivity index is 2.50. The number of hydrogen-bond acceptors (Lipinski definition) is 2. The van der Waals surface area contributed by atoms with Gasteiger partial charge in [-0.2, -0.15) is 13.2 Å². The Morgan fingerprint density at radius 2 is 1.84 bits per heavy atom. The summed E-state index contributed by atoms with van der Waals surface area (Å²) in [6.07, 6.45) is -6.08. The molecule has 0 saturated heterocycles. The first kappa shape index (κ1) is 13.8. The number of benzene rings is 1. The van der Waals surface area contributed by atoms with Crippen LogP contribution < -0.4 is 0 Å².